The molecule has 0 aromatic heterocycles. The third-order valence-corrected chi connectivity index (χ3v) is 5.20. The average Bonchev–Trinajstić information content (AvgIpc) is 3.10. The van der Waals surface area contributed by atoms with Crippen LogP contribution in [0.1, 0.15) is 45.4 Å². The first-order valence-corrected chi connectivity index (χ1v) is 8.31. The number of carbonyl (C=O) groups is 1. The first-order chi connectivity index (χ1) is 12.4. The Morgan fingerprint density at radius 2 is 1.88 bits per heavy atom. The van der Waals surface area contributed by atoms with Crippen molar-refractivity contribution in [3.05, 3.63) is 76.9 Å². The molecule has 0 spiro atoms. The summed E-state index contributed by atoms with van der Waals surface area (Å²) < 4.78 is 40.4. The van der Waals surface area contributed by atoms with Crippen LogP contribution >= 0.6 is 0 Å². The Morgan fingerprint density at radius 3 is 2.62 bits per heavy atom. The summed E-state index contributed by atoms with van der Waals surface area (Å²) in [4.78, 5) is 11.1. The van der Waals surface area contributed by atoms with Crippen molar-refractivity contribution in [2.45, 2.75) is 24.6 Å². The number of halogens is 3. The molecule has 2 aromatic rings. The maximum Gasteiger partial charge on any atom is 0.416 e. The Bertz CT molecular complexity index is 904. The Kier molecular flexibility index (Phi) is 3.79. The minimum absolute atomic E-state index is 0.0683. The van der Waals surface area contributed by atoms with Gasteiger partial charge in [-0.15, -0.1) is 0 Å². The molecule has 3 nitrogen and oxygen atoms in total. The van der Waals surface area contributed by atoms with E-state index < -0.39 is 23.8 Å². The largest absolute Gasteiger partial charge is 0.545 e. The fraction of sp³-hybridized carbons (Fsp3) is 0.250. The van der Waals surface area contributed by atoms with Gasteiger partial charge in [0.1, 0.15) is 0 Å². The van der Waals surface area contributed by atoms with Crippen molar-refractivity contribution in [2.24, 2.45) is 5.92 Å². The molecule has 0 fully saturated rings. The molecule has 0 radical (unpaired) electrons. The van der Waals surface area contributed by atoms with Gasteiger partial charge in [0.05, 0.1) is 17.6 Å². The summed E-state index contributed by atoms with van der Waals surface area (Å²) in [6.07, 6.45) is 0.0933. The van der Waals surface area contributed by atoms with Crippen molar-refractivity contribution in [3.63, 3.8) is 0 Å². The van der Waals surface area contributed by atoms with Crippen molar-refractivity contribution < 1.29 is 23.1 Å². The number of carbonyl (C=O) groups excluding carboxylic acids is 1. The smallest absolute Gasteiger partial charge is 0.416 e. The molecule has 0 bridgehead atoms. The monoisotopic (exact) mass is 358 g/mol. The summed E-state index contributed by atoms with van der Waals surface area (Å²) in [6, 6.07) is 9.67. The Morgan fingerprint density at radius 1 is 1.12 bits per heavy atom. The molecular formula is C20H15F3NO2-. The molecule has 0 unspecified atom stereocenters. The summed E-state index contributed by atoms with van der Waals surface area (Å²) >= 11 is 0. The molecule has 1 aliphatic heterocycles. The first-order valence-electron chi connectivity index (χ1n) is 8.31. The zero-order chi connectivity index (χ0) is 18.5. The molecular weight excluding hydrogens is 343 g/mol. The molecule has 6 heteroatoms. The van der Waals surface area contributed by atoms with Gasteiger partial charge in [-0.05, 0) is 47.2 Å². The molecule has 0 saturated carbocycles. The van der Waals surface area contributed by atoms with Crippen LogP contribution in [0.15, 0.2) is 54.6 Å². The zero-order valence-corrected chi connectivity index (χ0v) is 13.6. The van der Waals surface area contributed by atoms with Crippen LogP contribution in [0.2, 0.25) is 0 Å². The van der Waals surface area contributed by atoms with E-state index >= 15 is 0 Å². The Labute approximate surface area is 148 Å². The van der Waals surface area contributed by atoms with Gasteiger partial charge in [0.2, 0.25) is 0 Å². The number of alkyl halides is 3. The second-order valence-electron chi connectivity index (χ2n) is 6.65. The molecule has 2 aliphatic rings. The van der Waals surface area contributed by atoms with Gasteiger partial charge >= 0.3 is 6.18 Å². The standard InChI is InChI=1S/C20H16F3NO2/c21-20(22,23)16-7-2-1-4-14(16)18-13-6-3-5-12(13)15-10-11(19(25)26)8-9-17(15)24-18/h1-5,7-10,12-13,18,24H,6H2,(H,25,26)/p-1/t12-,13+,18+/m0/s1. The van der Waals surface area contributed by atoms with Gasteiger partial charge < -0.3 is 15.2 Å². The normalized spacial score (nSPS) is 23.9. The SMILES string of the molecule is O=C([O-])c1ccc2c(c1)[C@H]1C=CC[C@H]1[C@H](c1ccccc1C(F)(F)F)N2. The lowest BCUT2D eigenvalue weighted by Gasteiger charge is -2.38. The highest BCUT2D eigenvalue weighted by molar-refractivity contribution is 5.87. The number of carboxylic acid groups (broad SMARTS) is 1. The third kappa shape index (κ3) is 2.66. The van der Waals surface area contributed by atoms with E-state index in [0.29, 0.717) is 12.1 Å². The van der Waals surface area contributed by atoms with E-state index in [2.05, 4.69) is 5.32 Å². The van der Waals surface area contributed by atoms with Gasteiger partial charge in [-0.1, -0.05) is 36.4 Å². The number of carboxylic acids is 1. The van der Waals surface area contributed by atoms with E-state index in [1.54, 1.807) is 18.2 Å². The van der Waals surface area contributed by atoms with Crippen LogP contribution in [-0.2, 0) is 6.18 Å². The lowest BCUT2D eigenvalue weighted by atomic mass is 9.75. The fourth-order valence-electron chi connectivity index (χ4n) is 4.06. The van der Waals surface area contributed by atoms with Crippen molar-refractivity contribution >= 4 is 11.7 Å². The molecule has 4 rings (SSSR count). The van der Waals surface area contributed by atoms with Crippen LogP contribution in [0.5, 0.6) is 0 Å². The van der Waals surface area contributed by atoms with Gasteiger partial charge in [0.15, 0.2) is 0 Å². The van der Waals surface area contributed by atoms with Crippen LogP contribution in [0.25, 0.3) is 0 Å². The molecule has 1 aliphatic carbocycles. The van der Waals surface area contributed by atoms with Crippen molar-refractivity contribution in [3.8, 4) is 0 Å². The molecule has 1 N–H and O–H groups in total. The number of rotatable bonds is 2. The molecule has 1 heterocycles. The predicted octanol–water partition coefficient (Wildman–Crippen LogP) is 3.90. The van der Waals surface area contributed by atoms with Crippen molar-refractivity contribution in [2.75, 3.05) is 5.32 Å². The van der Waals surface area contributed by atoms with Crippen LogP contribution < -0.4 is 10.4 Å². The van der Waals surface area contributed by atoms with Crippen LogP contribution in [0.3, 0.4) is 0 Å². The minimum atomic E-state index is -4.43. The maximum atomic E-state index is 13.5. The van der Waals surface area contributed by atoms with Crippen LogP contribution in [0, 0.1) is 5.92 Å². The number of anilines is 1. The number of aromatic carboxylic acids is 1. The van der Waals surface area contributed by atoms with E-state index in [4.69, 9.17) is 0 Å². The molecule has 0 amide bonds. The summed E-state index contributed by atoms with van der Waals surface area (Å²) in [6.45, 7) is 0. The second-order valence-corrected chi connectivity index (χ2v) is 6.65. The summed E-state index contributed by atoms with van der Waals surface area (Å²) in [5, 5.41) is 14.4. The van der Waals surface area contributed by atoms with E-state index in [9.17, 15) is 23.1 Å². The maximum absolute atomic E-state index is 13.5. The topological polar surface area (TPSA) is 52.2 Å². The highest BCUT2D eigenvalue weighted by atomic mass is 19.4. The van der Waals surface area contributed by atoms with E-state index in [1.807, 2.05) is 12.2 Å². The second kappa shape index (κ2) is 5.90. The van der Waals surface area contributed by atoms with E-state index in [0.717, 1.165) is 11.6 Å². The van der Waals surface area contributed by atoms with Crippen molar-refractivity contribution in [1.82, 2.24) is 0 Å². The fourth-order valence-corrected chi connectivity index (χ4v) is 4.06. The molecule has 26 heavy (non-hydrogen) atoms. The lowest BCUT2D eigenvalue weighted by molar-refractivity contribution is -0.255. The molecule has 3 atom stereocenters. The number of allylic oxidation sites excluding steroid dienone is 2. The van der Waals surface area contributed by atoms with E-state index in [-0.39, 0.29) is 23.0 Å². The average molecular weight is 358 g/mol. The predicted molar refractivity (Wildman–Crippen MR) is 88.6 cm³/mol. The van der Waals surface area contributed by atoms with E-state index in [1.165, 1.54) is 18.2 Å². The van der Waals surface area contributed by atoms with Gasteiger partial charge in [-0.3, -0.25) is 0 Å². The van der Waals surface area contributed by atoms with Crippen LogP contribution in [0.4, 0.5) is 18.9 Å². The lowest BCUT2D eigenvalue weighted by Crippen LogP contribution is -2.31. The number of benzene rings is 2. The highest BCUT2D eigenvalue weighted by Gasteiger charge is 2.42. The third-order valence-electron chi connectivity index (χ3n) is 5.20. The van der Waals surface area contributed by atoms with Gasteiger partial charge in [-0.25, -0.2) is 0 Å². The number of hydrogen-bond donors (Lipinski definition) is 1. The first kappa shape index (κ1) is 16.7. The molecule has 0 saturated heterocycles. The van der Waals surface area contributed by atoms with Crippen LogP contribution in [-0.4, -0.2) is 5.97 Å². The Balaban J connectivity index is 1.81. The number of hydrogen-bond acceptors (Lipinski definition) is 3. The van der Waals surface area contributed by atoms with Crippen molar-refractivity contribution in [1.29, 1.82) is 0 Å². The Hall–Kier alpha value is -2.76. The van der Waals surface area contributed by atoms with Gasteiger partial charge in [0, 0.05) is 11.6 Å². The quantitative estimate of drug-likeness (QED) is 0.829. The summed E-state index contributed by atoms with van der Waals surface area (Å²) in [5.74, 6) is -1.50. The highest BCUT2D eigenvalue weighted by Crippen LogP contribution is 2.51. The number of nitrogens with one attached hydrogen (secondary N) is 1. The molecule has 2 aromatic carbocycles. The minimum Gasteiger partial charge on any atom is -0.545 e. The molecule has 134 valence electrons. The van der Waals surface area contributed by atoms with Gasteiger partial charge in [0.25, 0.3) is 0 Å². The zero-order valence-electron chi connectivity index (χ0n) is 13.6. The number of fused-ring (bicyclic) bond motifs is 3. The summed E-state index contributed by atoms with van der Waals surface area (Å²) in [7, 11) is 0. The summed E-state index contributed by atoms with van der Waals surface area (Å²) in [5.41, 5.74) is 1.08. The van der Waals surface area contributed by atoms with Gasteiger partial charge in [-0.2, -0.15) is 13.2 Å².